The Kier molecular flexibility index (Phi) is 10.0. The van der Waals surface area contributed by atoms with Crippen molar-refractivity contribution in [1.29, 1.82) is 0 Å². The molecule has 0 fully saturated rings. The molecule has 14 rings (SSSR count). The van der Waals surface area contributed by atoms with E-state index >= 15 is 4.39 Å². The number of anilines is 6. The van der Waals surface area contributed by atoms with Gasteiger partial charge in [0.1, 0.15) is 22.6 Å². The van der Waals surface area contributed by atoms with Gasteiger partial charge in [0.2, 0.25) is 0 Å². The van der Waals surface area contributed by atoms with E-state index in [0.717, 1.165) is 127 Å². The number of hydrogen-bond acceptors (Lipinski definition) is 4. The largest absolute Gasteiger partial charge is 0.455 e. The van der Waals surface area contributed by atoms with Gasteiger partial charge in [0.05, 0.1) is 22.7 Å². The van der Waals surface area contributed by atoms with Gasteiger partial charge in [-0.15, -0.1) is 0 Å². The van der Waals surface area contributed by atoms with E-state index in [9.17, 15) is 0 Å². The standard InChI is InChI=1S/C68H43FN2O2/c69-60-41-47(44-20-5-1-6-21-44)40-58(46-24-9-3-10-25-46)66(60)71(61-33-17-15-28-51(61)45-22-7-2-8-23-45)49-36-38-56-59(42-49)52-29-13-14-31-54(52)65-57-39-37-50(43-64(57)73-68(56)65)70(48-26-11-4-12-27-48)62-34-19-32-55-53-30-16-18-35-63(53)72-67(55)62/h1-43H. The average Bonchev–Trinajstić information content (AvgIpc) is 4.04. The van der Waals surface area contributed by atoms with E-state index in [2.05, 4.69) is 168 Å². The zero-order chi connectivity index (χ0) is 48.4. The zero-order valence-corrected chi connectivity index (χ0v) is 39.4. The molecule has 0 radical (unpaired) electrons. The maximum Gasteiger partial charge on any atom is 0.159 e. The molecule has 14 aromatic rings. The number of para-hydroxylation sites is 4. The van der Waals surface area contributed by atoms with Gasteiger partial charge in [-0.05, 0) is 111 Å². The fraction of sp³-hybridized carbons (Fsp3) is 0. The molecule has 73 heavy (non-hydrogen) atoms. The zero-order valence-electron chi connectivity index (χ0n) is 39.4. The maximum atomic E-state index is 17.9. The van der Waals surface area contributed by atoms with Crippen LogP contribution in [0, 0.1) is 5.82 Å². The quantitative estimate of drug-likeness (QED) is 0.135. The summed E-state index contributed by atoms with van der Waals surface area (Å²) in [4.78, 5) is 4.36. The lowest BCUT2D eigenvalue weighted by Crippen LogP contribution is -2.14. The molecule has 2 aromatic heterocycles. The van der Waals surface area contributed by atoms with E-state index in [-0.39, 0.29) is 5.82 Å². The number of fused-ring (bicyclic) bond motifs is 11. The van der Waals surface area contributed by atoms with Crippen molar-refractivity contribution < 1.29 is 13.2 Å². The van der Waals surface area contributed by atoms with Crippen LogP contribution in [-0.2, 0) is 0 Å². The summed E-state index contributed by atoms with van der Waals surface area (Å²) in [5, 5.41) is 8.29. The first-order valence-corrected chi connectivity index (χ1v) is 24.6. The number of furan rings is 2. The molecule has 0 saturated heterocycles. The SMILES string of the molecule is Fc1cc(-c2ccccc2)cc(-c2ccccc2)c1N(c1ccc2c(c1)c1ccccc1c1c3ccc(N(c4ccccc4)c4cccc5c4oc4ccccc45)cc3oc21)c1ccccc1-c1ccccc1. The number of nitrogens with zero attached hydrogens (tertiary/aromatic N) is 2. The van der Waals surface area contributed by atoms with Crippen LogP contribution in [-0.4, -0.2) is 0 Å². The minimum atomic E-state index is -0.335. The summed E-state index contributed by atoms with van der Waals surface area (Å²) in [6.07, 6.45) is 0. The van der Waals surface area contributed by atoms with Gasteiger partial charge in [-0.2, -0.15) is 0 Å². The third-order valence-electron chi connectivity index (χ3n) is 14.3. The van der Waals surface area contributed by atoms with Crippen LogP contribution in [0.15, 0.2) is 270 Å². The molecule has 5 heteroatoms. The molecule has 2 heterocycles. The molecular weight excluding hydrogens is 896 g/mol. The molecule has 0 aliphatic rings. The van der Waals surface area contributed by atoms with Crippen LogP contribution in [0.2, 0.25) is 0 Å². The molecule has 0 bridgehead atoms. The fourth-order valence-electron chi connectivity index (χ4n) is 11.0. The van der Waals surface area contributed by atoms with E-state index in [1.807, 2.05) is 97.1 Å². The summed E-state index contributed by atoms with van der Waals surface area (Å²) in [5.41, 5.74) is 13.6. The van der Waals surface area contributed by atoms with Crippen LogP contribution >= 0.6 is 0 Å². The smallest absolute Gasteiger partial charge is 0.159 e. The Bertz CT molecular complexity index is 4400. The van der Waals surface area contributed by atoms with Gasteiger partial charge in [0.15, 0.2) is 5.58 Å². The first kappa shape index (κ1) is 42.2. The molecule has 0 spiro atoms. The fourth-order valence-corrected chi connectivity index (χ4v) is 11.0. The van der Waals surface area contributed by atoms with E-state index in [1.165, 1.54) is 0 Å². The van der Waals surface area contributed by atoms with E-state index in [1.54, 1.807) is 6.07 Å². The summed E-state index contributed by atoms with van der Waals surface area (Å²) in [7, 11) is 0. The predicted octanol–water partition coefficient (Wildman–Crippen LogP) is 19.9. The van der Waals surface area contributed by atoms with Crippen LogP contribution in [0.4, 0.5) is 38.5 Å². The lowest BCUT2D eigenvalue weighted by Gasteiger charge is -2.31. The van der Waals surface area contributed by atoms with Crippen molar-refractivity contribution in [2.24, 2.45) is 0 Å². The lowest BCUT2D eigenvalue weighted by atomic mass is 9.93. The highest BCUT2D eigenvalue weighted by molar-refractivity contribution is 6.30. The first-order valence-electron chi connectivity index (χ1n) is 24.6. The number of benzene rings is 12. The second kappa shape index (κ2) is 17.3. The number of rotatable bonds is 9. The highest BCUT2D eigenvalue weighted by Crippen LogP contribution is 2.50. The molecule has 0 atom stereocenters. The molecule has 12 aromatic carbocycles. The lowest BCUT2D eigenvalue weighted by molar-refractivity contribution is 0.630. The van der Waals surface area contributed by atoms with Gasteiger partial charge in [-0.3, -0.25) is 0 Å². The van der Waals surface area contributed by atoms with Crippen molar-refractivity contribution in [3.63, 3.8) is 0 Å². The predicted molar refractivity (Wildman–Crippen MR) is 302 cm³/mol. The van der Waals surface area contributed by atoms with Crippen molar-refractivity contribution in [2.75, 3.05) is 9.80 Å². The third kappa shape index (κ3) is 7.04. The van der Waals surface area contributed by atoms with Crippen molar-refractivity contribution >= 4 is 99.5 Å². The Morgan fingerprint density at radius 2 is 0.836 bits per heavy atom. The van der Waals surface area contributed by atoms with Crippen molar-refractivity contribution in [3.8, 4) is 33.4 Å². The first-order chi connectivity index (χ1) is 36.1. The Balaban J connectivity index is 1.000. The summed E-state index contributed by atoms with van der Waals surface area (Å²) in [6, 6.07) is 89.1. The van der Waals surface area contributed by atoms with Gasteiger partial charge < -0.3 is 18.6 Å². The van der Waals surface area contributed by atoms with E-state index in [0.29, 0.717) is 5.69 Å². The molecule has 0 saturated carbocycles. The summed E-state index contributed by atoms with van der Waals surface area (Å²) in [6.45, 7) is 0. The number of hydrogen-bond donors (Lipinski definition) is 0. The summed E-state index contributed by atoms with van der Waals surface area (Å²) < 4.78 is 31.7. The van der Waals surface area contributed by atoms with Gasteiger partial charge in [-0.25, -0.2) is 4.39 Å². The van der Waals surface area contributed by atoms with E-state index < -0.39 is 0 Å². The molecule has 0 amide bonds. The van der Waals surface area contributed by atoms with Gasteiger partial charge >= 0.3 is 0 Å². The molecule has 0 unspecified atom stereocenters. The van der Waals surface area contributed by atoms with Crippen LogP contribution < -0.4 is 9.80 Å². The molecule has 4 nitrogen and oxygen atoms in total. The topological polar surface area (TPSA) is 32.8 Å². The average molecular weight is 939 g/mol. The van der Waals surface area contributed by atoms with Crippen LogP contribution in [0.3, 0.4) is 0 Å². The van der Waals surface area contributed by atoms with Crippen molar-refractivity contribution in [3.05, 3.63) is 267 Å². The van der Waals surface area contributed by atoms with E-state index in [4.69, 9.17) is 8.83 Å². The second-order valence-electron chi connectivity index (χ2n) is 18.5. The van der Waals surface area contributed by atoms with Crippen LogP contribution in [0.25, 0.3) is 98.8 Å². The van der Waals surface area contributed by atoms with Crippen LogP contribution in [0.5, 0.6) is 0 Å². The van der Waals surface area contributed by atoms with Crippen molar-refractivity contribution in [2.45, 2.75) is 0 Å². The maximum absolute atomic E-state index is 17.9. The Labute approximate surface area is 420 Å². The van der Waals surface area contributed by atoms with Gasteiger partial charge in [-0.1, -0.05) is 182 Å². The Hall–Kier alpha value is -9.71. The molecule has 0 aliphatic heterocycles. The summed E-state index contributed by atoms with van der Waals surface area (Å²) >= 11 is 0. The highest BCUT2D eigenvalue weighted by atomic mass is 19.1. The van der Waals surface area contributed by atoms with Gasteiger partial charge in [0, 0.05) is 55.5 Å². The van der Waals surface area contributed by atoms with Crippen molar-refractivity contribution in [1.82, 2.24) is 0 Å². The monoisotopic (exact) mass is 938 g/mol. The third-order valence-corrected chi connectivity index (χ3v) is 14.3. The molecule has 0 aliphatic carbocycles. The van der Waals surface area contributed by atoms with Crippen LogP contribution in [0.1, 0.15) is 0 Å². The molecule has 0 N–H and O–H groups in total. The normalized spacial score (nSPS) is 11.6. The molecular formula is C68H43FN2O2. The minimum Gasteiger partial charge on any atom is -0.455 e. The minimum absolute atomic E-state index is 0.335. The second-order valence-corrected chi connectivity index (χ2v) is 18.5. The van der Waals surface area contributed by atoms with Gasteiger partial charge in [0.25, 0.3) is 0 Å². The Morgan fingerprint density at radius 3 is 1.59 bits per heavy atom. The number of halogens is 1. The summed E-state index contributed by atoms with van der Waals surface area (Å²) in [5.74, 6) is -0.335. The molecule has 344 valence electrons. The highest BCUT2D eigenvalue weighted by Gasteiger charge is 2.27. The Morgan fingerprint density at radius 1 is 0.288 bits per heavy atom.